The zero-order valence-electron chi connectivity index (χ0n) is 17.5. The summed E-state index contributed by atoms with van der Waals surface area (Å²) in [5.41, 5.74) is 4.99. The Morgan fingerprint density at radius 2 is 1.90 bits per heavy atom. The van der Waals surface area contributed by atoms with Crippen LogP contribution in [-0.2, 0) is 11.2 Å². The van der Waals surface area contributed by atoms with Gasteiger partial charge in [0.25, 0.3) is 0 Å². The Balaban J connectivity index is 1.76. The molecule has 152 valence electrons. The van der Waals surface area contributed by atoms with Crippen LogP contribution < -0.4 is 5.32 Å². The first-order valence-corrected chi connectivity index (χ1v) is 10.5. The number of carbonyl (C=O) groups is 1. The molecule has 2 aromatic heterocycles. The van der Waals surface area contributed by atoms with E-state index in [1.54, 1.807) is 6.07 Å². The highest BCUT2D eigenvalue weighted by Gasteiger charge is 2.19. The number of rotatable bonds is 7. The van der Waals surface area contributed by atoms with Crippen LogP contribution in [0.15, 0.2) is 42.6 Å². The van der Waals surface area contributed by atoms with E-state index in [4.69, 9.17) is 11.6 Å². The fraction of sp³-hybridized carbons (Fsp3) is 0.375. The number of hydrogen-bond donors (Lipinski definition) is 1. The van der Waals surface area contributed by atoms with E-state index < -0.39 is 0 Å². The fourth-order valence-electron chi connectivity index (χ4n) is 3.56. The topological polar surface area (TPSA) is 54.9 Å². The molecule has 0 bridgehead atoms. The van der Waals surface area contributed by atoms with Gasteiger partial charge >= 0.3 is 0 Å². The van der Waals surface area contributed by atoms with Crippen molar-refractivity contribution in [3.8, 4) is 0 Å². The molecule has 3 rings (SSSR count). The van der Waals surface area contributed by atoms with Gasteiger partial charge in [-0.25, -0.2) is 4.98 Å². The normalized spacial score (nSPS) is 12.3. The lowest BCUT2D eigenvalue weighted by Gasteiger charge is -2.21. The Bertz CT molecular complexity index is 1020. The first-order chi connectivity index (χ1) is 13.8. The molecule has 3 aromatic rings. The van der Waals surface area contributed by atoms with Gasteiger partial charge in [-0.15, -0.1) is 0 Å². The third-order valence-corrected chi connectivity index (χ3v) is 5.25. The number of pyridine rings is 2. The van der Waals surface area contributed by atoms with Gasteiger partial charge in [0.15, 0.2) is 0 Å². The first-order valence-electron chi connectivity index (χ1n) is 10.1. The van der Waals surface area contributed by atoms with Gasteiger partial charge in [-0.3, -0.25) is 9.78 Å². The number of benzene rings is 1. The summed E-state index contributed by atoms with van der Waals surface area (Å²) < 4.78 is 0. The number of aryl methyl sites for hydroxylation is 2. The lowest BCUT2D eigenvalue weighted by atomic mass is 9.97. The molecule has 29 heavy (non-hydrogen) atoms. The van der Waals surface area contributed by atoms with Crippen molar-refractivity contribution >= 4 is 28.4 Å². The average molecular weight is 410 g/mol. The molecule has 1 N–H and O–H groups in total. The predicted octanol–water partition coefficient (Wildman–Crippen LogP) is 5.74. The summed E-state index contributed by atoms with van der Waals surface area (Å²) in [7, 11) is 0. The van der Waals surface area contributed by atoms with Crippen LogP contribution in [0.1, 0.15) is 55.1 Å². The van der Waals surface area contributed by atoms with Crippen molar-refractivity contribution in [3.05, 3.63) is 70.1 Å². The van der Waals surface area contributed by atoms with Crippen LogP contribution in [0.3, 0.4) is 0 Å². The maximum Gasteiger partial charge on any atom is 0.224 e. The highest BCUT2D eigenvalue weighted by atomic mass is 35.5. The summed E-state index contributed by atoms with van der Waals surface area (Å²) >= 11 is 5.95. The second-order valence-electron chi connectivity index (χ2n) is 8.14. The van der Waals surface area contributed by atoms with Crippen LogP contribution in [0.2, 0.25) is 5.15 Å². The Kier molecular flexibility index (Phi) is 6.86. The number of halogens is 1. The SMILES string of the molecule is Cc1cnc(C(CCC(C)C)NC(=O)Cc2ccc3nc(Cl)ccc3c2)c(C)c1. The van der Waals surface area contributed by atoms with Crippen LogP contribution >= 0.6 is 11.6 Å². The van der Waals surface area contributed by atoms with Crippen molar-refractivity contribution in [1.82, 2.24) is 15.3 Å². The lowest BCUT2D eigenvalue weighted by Crippen LogP contribution is -2.31. The Morgan fingerprint density at radius 3 is 2.62 bits per heavy atom. The van der Waals surface area contributed by atoms with Gasteiger partial charge in [0, 0.05) is 11.6 Å². The Morgan fingerprint density at radius 1 is 1.10 bits per heavy atom. The van der Waals surface area contributed by atoms with Gasteiger partial charge in [0.1, 0.15) is 5.15 Å². The summed E-state index contributed by atoms with van der Waals surface area (Å²) in [5.74, 6) is 0.571. The van der Waals surface area contributed by atoms with E-state index in [1.165, 1.54) is 0 Å². The van der Waals surface area contributed by atoms with Gasteiger partial charge in [0.05, 0.1) is 23.7 Å². The van der Waals surface area contributed by atoms with Gasteiger partial charge in [-0.2, -0.15) is 0 Å². The van der Waals surface area contributed by atoms with Crippen molar-refractivity contribution in [1.29, 1.82) is 0 Å². The number of carbonyl (C=O) groups excluding carboxylic acids is 1. The number of fused-ring (bicyclic) bond motifs is 1. The highest BCUT2D eigenvalue weighted by molar-refractivity contribution is 6.29. The van der Waals surface area contributed by atoms with E-state index in [1.807, 2.05) is 37.4 Å². The van der Waals surface area contributed by atoms with Crippen LogP contribution in [-0.4, -0.2) is 15.9 Å². The van der Waals surface area contributed by atoms with E-state index in [0.717, 1.165) is 46.1 Å². The van der Waals surface area contributed by atoms with E-state index in [-0.39, 0.29) is 11.9 Å². The summed E-state index contributed by atoms with van der Waals surface area (Å²) in [6, 6.07) is 11.6. The Labute approximate surface area is 177 Å². The molecule has 4 nitrogen and oxygen atoms in total. The quantitative estimate of drug-likeness (QED) is 0.506. The predicted molar refractivity (Wildman–Crippen MR) is 119 cm³/mol. The molecule has 1 aromatic carbocycles. The van der Waals surface area contributed by atoms with Crippen LogP contribution in [0.5, 0.6) is 0 Å². The molecular formula is C24H28ClN3O. The Hall–Kier alpha value is -2.46. The maximum atomic E-state index is 12.8. The molecule has 0 fully saturated rings. The number of amides is 1. The second kappa shape index (κ2) is 9.36. The second-order valence-corrected chi connectivity index (χ2v) is 8.53. The van der Waals surface area contributed by atoms with Gasteiger partial charge < -0.3 is 5.32 Å². The van der Waals surface area contributed by atoms with Crippen molar-refractivity contribution in [2.24, 2.45) is 5.92 Å². The number of nitrogens with zero attached hydrogens (tertiary/aromatic N) is 2. The minimum Gasteiger partial charge on any atom is -0.347 e. The van der Waals surface area contributed by atoms with Crippen molar-refractivity contribution in [3.63, 3.8) is 0 Å². The highest BCUT2D eigenvalue weighted by Crippen LogP contribution is 2.23. The van der Waals surface area contributed by atoms with Crippen molar-refractivity contribution < 1.29 is 4.79 Å². The molecule has 0 saturated carbocycles. The smallest absolute Gasteiger partial charge is 0.224 e. The largest absolute Gasteiger partial charge is 0.347 e. The molecule has 0 radical (unpaired) electrons. The molecule has 1 atom stereocenters. The molecule has 0 aliphatic carbocycles. The fourth-order valence-corrected chi connectivity index (χ4v) is 3.71. The maximum absolute atomic E-state index is 12.8. The standard InChI is InChI=1S/C24H28ClN3O/c1-15(2)5-8-21(24-17(4)11-16(3)14-26-24)28-23(29)13-18-6-9-20-19(12-18)7-10-22(25)27-20/h6-7,9-12,14-15,21H,5,8,13H2,1-4H3,(H,28,29). The minimum absolute atomic E-state index is 0.00167. The van der Waals surface area contributed by atoms with E-state index in [9.17, 15) is 4.79 Å². The molecule has 0 spiro atoms. The molecule has 0 saturated heterocycles. The summed E-state index contributed by atoms with van der Waals surface area (Å²) in [5, 5.41) is 4.66. The number of hydrogen-bond acceptors (Lipinski definition) is 3. The minimum atomic E-state index is -0.0774. The van der Waals surface area contributed by atoms with Crippen LogP contribution in [0.25, 0.3) is 10.9 Å². The summed E-state index contributed by atoms with van der Waals surface area (Å²) in [6.07, 6.45) is 4.10. The van der Waals surface area contributed by atoms with E-state index >= 15 is 0 Å². The molecule has 0 aliphatic heterocycles. The molecular weight excluding hydrogens is 382 g/mol. The van der Waals surface area contributed by atoms with Gasteiger partial charge in [-0.05, 0) is 73.6 Å². The zero-order valence-corrected chi connectivity index (χ0v) is 18.3. The monoisotopic (exact) mass is 409 g/mol. The molecule has 5 heteroatoms. The molecule has 0 aliphatic rings. The van der Waals surface area contributed by atoms with E-state index in [2.05, 4.69) is 42.1 Å². The van der Waals surface area contributed by atoms with Crippen LogP contribution in [0, 0.1) is 19.8 Å². The van der Waals surface area contributed by atoms with Crippen molar-refractivity contribution in [2.45, 2.75) is 53.0 Å². The summed E-state index contributed by atoms with van der Waals surface area (Å²) in [6.45, 7) is 8.49. The van der Waals surface area contributed by atoms with E-state index in [0.29, 0.717) is 17.5 Å². The number of aromatic nitrogens is 2. The number of nitrogens with one attached hydrogen (secondary N) is 1. The average Bonchev–Trinajstić information content (AvgIpc) is 2.65. The van der Waals surface area contributed by atoms with Crippen molar-refractivity contribution in [2.75, 3.05) is 0 Å². The van der Waals surface area contributed by atoms with Gasteiger partial charge in [0.2, 0.25) is 5.91 Å². The third-order valence-electron chi connectivity index (χ3n) is 5.04. The third kappa shape index (κ3) is 5.77. The molecule has 1 unspecified atom stereocenters. The molecule has 2 heterocycles. The first kappa shape index (κ1) is 21.3. The van der Waals surface area contributed by atoms with Crippen LogP contribution in [0.4, 0.5) is 0 Å². The lowest BCUT2D eigenvalue weighted by molar-refractivity contribution is -0.121. The molecule has 1 amide bonds. The zero-order chi connectivity index (χ0) is 21.0. The summed E-state index contributed by atoms with van der Waals surface area (Å²) in [4.78, 5) is 21.8. The van der Waals surface area contributed by atoms with Gasteiger partial charge in [-0.1, -0.05) is 37.6 Å².